The van der Waals surface area contributed by atoms with E-state index in [1.54, 1.807) is 6.20 Å². The van der Waals surface area contributed by atoms with E-state index < -0.39 is 0 Å². The molecule has 0 bridgehead atoms. The number of imidazole rings is 1. The second-order valence-corrected chi connectivity index (χ2v) is 7.42. The topological polar surface area (TPSA) is 88.9 Å². The lowest BCUT2D eigenvalue weighted by Crippen LogP contribution is -2.29. The van der Waals surface area contributed by atoms with Gasteiger partial charge in [-0.1, -0.05) is 18.2 Å². The van der Waals surface area contributed by atoms with E-state index in [2.05, 4.69) is 20.6 Å². The number of anilines is 1. The van der Waals surface area contributed by atoms with Crippen LogP contribution in [0.25, 0.3) is 10.9 Å². The average molecular weight is 375 g/mol. The van der Waals surface area contributed by atoms with Crippen molar-refractivity contribution >= 4 is 28.4 Å². The third-order valence-electron chi connectivity index (χ3n) is 5.33. The van der Waals surface area contributed by atoms with E-state index in [-0.39, 0.29) is 17.9 Å². The van der Waals surface area contributed by atoms with Crippen molar-refractivity contribution in [2.24, 2.45) is 0 Å². The summed E-state index contributed by atoms with van der Waals surface area (Å²) < 4.78 is 1.91. The molecular formula is C21H21N5O2. The van der Waals surface area contributed by atoms with Gasteiger partial charge in [-0.15, -0.1) is 0 Å². The van der Waals surface area contributed by atoms with Gasteiger partial charge in [0.15, 0.2) is 11.5 Å². The molecule has 1 fully saturated rings. The Labute approximate surface area is 162 Å². The Bertz CT molecular complexity index is 1080. The van der Waals surface area contributed by atoms with Crippen LogP contribution in [0.15, 0.2) is 36.5 Å². The van der Waals surface area contributed by atoms with Gasteiger partial charge >= 0.3 is 0 Å². The lowest BCUT2D eigenvalue weighted by Gasteiger charge is -2.17. The van der Waals surface area contributed by atoms with Crippen molar-refractivity contribution < 1.29 is 9.59 Å². The number of amides is 2. The molecule has 1 aliphatic carbocycles. The van der Waals surface area contributed by atoms with Gasteiger partial charge in [0.2, 0.25) is 0 Å². The van der Waals surface area contributed by atoms with Crippen molar-refractivity contribution in [3.05, 3.63) is 53.7 Å². The van der Waals surface area contributed by atoms with Crippen molar-refractivity contribution in [2.45, 2.75) is 44.7 Å². The number of rotatable bonds is 4. The molecule has 0 spiro atoms. The molecule has 1 saturated carbocycles. The van der Waals surface area contributed by atoms with Crippen LogP contribution < -0.4 is 10.6 Å². The molecule has 0 radical (unpaired) electrons. The molecular weight excluding hydrogens is 354 g/mol. The molecule has 1 aliphatic heterocycles. The minimum Gasteiger partial charge on any atom is -0.347 e. The summed E-state index contributed by atoms with van der Waals surface area (Å²) in [5.74, 6) is -0.131. The van der Waals surface area contributed by atoms with Crippen LogP contribution in [0.1, 0.15) is 52.5 Å². The zero-order valence-electron chi connectivity index (χ0n) is 15.4. The van der Waals surface area contributed by atoms with Gasteiger partial charge in [0.05, 0.1) is 16.9 Å². The predicted octanol–water partition coefficient (Wildman–Crippen LogP) is 2.91. The first-order valence-electron chi connectivity index (χ1n) is 9.76. The van der Waals surface area contributed by atoms with Gasteiger partial charge < -0.3 is 15.2 Å². The minimum atomic E-state index is -0.297. The van der Waals surface area contributed by atoms with Gasteiger partial charge in [0, 0.05) is 24.2 Å². The lowest BCUT2D eigenvalue weighted by atomic mass is 10.1. The Balaban J connectivity index is 1.49. The summed E-state index contributed by atoms with van der Waals surface area (Å²) in [4.78, 5) is 34.5. The highest BCUT2D eigenvalue weighted by atomic mass is 16.2. The SMILES string of the molecule is O=C(Nc1cccc2cccnc12)c1nc(C(=O)NC2CC2)n2c1CCCC2. The lowest BCUT2D eigenvalue weighted by molar-refractivity contribution is 0.0935. The van der Waals surface area contributed by atoms with Crippen LogP contribution in [0.3, 0.4) is 0 Å². The van der Waals surface area contributed by atoms with E-state index in [4.69, 9.17) is 0 Å². The van der Waals surface area contributed by atoms with Gasteiger partial charge in [-0.2, -0.15) is 0 Å². The van der Waals surface area contributed by atoms with E-state index in [9.17, 15) is 9.59 Å². The maximum atomic E-state index is 13.1. The molecule has 3 aromatic rings. The number of nitrogens with zero attached hydrogens (tertiary/aromatic N) is 3. The summed E-state index contributed by atoms with van der Waals surface area (Å²) in [6.45, 7) is 0.721. The number of carbonyl (C=O) groups is 2. The first-order chi connectivity index (χ1) is 13.7. The van der Waals surface area contributed by atoms with Crippen molar-refractivity contribution in [1.82, 2.24) is 19.9 Å². The molecule has 3 heterocycles. The largest absolute Gasteiger partial charge is 0.347 e. The summed E-state index contributed by atoms with van der Waals surface area (Å²) in [5.41, 5.74) is 2.56. The summed E-state index contributed by atoms with van der Waals surface area (Å²) >= 11 is 0. The van der Waals surface area contributed by atoms with Gasteiger partial charge in [-0.05, 0) is 44.2 Å². The number of nitrogens with one attached hydrogen (secondary N) is 2. The standard InChI is InChI=1S/C21H21N5O2/c27-20(24-15-7-3-5-13-6-4-11-22-17(13)15)18-16-8-1-2-12-26(16)19(25-18)21(28)23-14-9-10-14/h3-7,11,14H,1-2,8-10,12H2,(H,23,28)(H,24,27). The zero-order chi connectivity index (χ0) is 19.1. The number of fused-ring (bicyclic) bond motifs is 2. The summed E-state index contributed by atoms with van der Waals surface area (Å²) in [6, 6.07) is 9.74. The number of hydrogen-bond acceptors (Lipinski definition) is 4. The van der Waals surface area contributed by atoms with Crippen LogP contribution in [0.5, 0.6) is 0 Å². The van der Waals surface area contributed by atoms with E-state index in [0.717, 1.165) is 55.2 Å². The van der Waals surface area contributed by atoms with Gasteiger partial charge in [0.1, 0.15) is 0 Å². The number of carbonyl (C=O) groups excluding carboxylic acids is 2. The smallest absolute Gasteiger partial charge is 0.287 e. The van der Waals surface area contributed by atoms with Crippen LogP contribution in [-0.2, 0) is 13.0 Å². The van der Waals surface area contributed by atoms with Gasteiger partial charge in [-0.3, -0.25) is 14.6 Å². The maximum absolute atomic E-state index is 13.1. The highest BCUT2D eigenvalue weighted by Gasteiger charge is 2.30. The van der Waals surface area contributed by atoms with Crippen molar-refractivity contribution in [3.8, 4) is 0 Å². The second-order valence-electron chi connectivity index (χ2n) is 7.42. The fourth-order valence-electron chi connectivity index (χ4n) is 3.76. The third-order valence-corrected chi connectivity index (χ3v) is 5.33. The third kappa shape index (κ3) is 3.02. The van der Waals surface area contributed by atoms with Gasteiger partial charge in [0.25, 0.3) is 11.8 Å². The quantitative estimate of drug-likeness (QED) is 0.734. The first-order valence-corrected chi connectivity index (χ1v) is 9.76. The van der Waals surface area contributed by atoms with E-state index in [0.29, 0.717) is 17.2 Å². The normalized spacial score (nSPS) is 15.9. The Morgan fingerprint density at radius 2 is 1.93 bits per heavy atom. The van der Waals surface area contributed by atoms with Crippen LogP contribution in [0.4, 0.5) is 5.69 Å². The summed E-state index contributed by atoms with van der Waals surface area (Å²) in [7, 11) is 0. The number of pyridine rings is 1. The number of aromatic nitrogens is 3. The van der Waals surface area contributed by atoms with E-state index in [1.165, 1.54) is 0 Å². The molecule has 28 heavy (non-hydrogen) atoms. The Morgan fingerprint density at radius 1 is 1.07 bits per heavy atom. The molecule has 7 nitrogen and oxygen atoms in total. The molecule has 1 aromatic carbocycles. The predicted molar refractivity (Wildman–Crippen MR) is 105 cm³/mol. The molecule has 2 aliphatic rings. The van der Waals surface area contributed by atoms with Gasteiger partial charge in [-0.25, -0.2) is 4.98 Å². The molecule has 2 aromatic heterocycles. The average Bonchev–Trinajstić information content (AvgIpc) is 3.44. The van der Waals surface area contributed by atoms with Crippen LogP contribution >= 0.6 is 0 Å². The molecule has 0 saturated heterocycles. The highest BCUT2D eigenvalue weighted by Crippen LogP contribution is 2.25. The van der Waals surface area contributed by atoms with Crippen LogP contribution in [0.2, 0.25) is 0 Å². The zero-order valence-corrected chi connectivity index (χ0v) is 15.4. The number of benzene rings is 1. The molecule has 142 valence electrons. The molecule has 0 atom stereocenters. The number of para-hydroxylation sites is 1. The second kappa shape index (κ2) is 6.74. The molecule has 2 N–H and O–H groups in total. The first kappa shape index (κ1) is 16.9. The monoisotopic (exact) mass is 375 g/mol. The summed E-state index contributed by atoms with van der Waals surface area (Å²) in [5, 5.41) is 6.89. The van der Waals surface area contributed by atoms with E-state index >= 15 is 0 Å². The van der Waals surface area contributed by atoms with Crippen molar-refractivity contribution in [2.75, 3.05) is 5.32 Å². The highest BCUT2D eigenvalue weighted by molar-refractivity contribution is 6.08. The Hall–Kier alpha value is -3.22. The Kier molecular flexibility index (Phi) is 4.07. The summed E-state index contributed by atoms with van der Waals surface area (Å²) in [6.07, 6.45) is 6.46. The van der Waals surface area contributed by atoms with Crippen molar-refractivity contribution in [3.63, 3.8) is 0 Å². The minimum absolute atomic E-state index is 0.184. The van der Waals surface area contributed by atoms with E-state index in [1.807, 2.05) is 34.9 Å². The number of hydrogen-bond donors (Lipinski definition) is 2. The van der Waals surface area contributed by atoms with Crippen molar-refractivity contribution in [1.29, 1.82) is 0 Å². The maximum Gasteiger partial charge on any atom is 0.287 e. The molecule has 2 amide bonds. The fourth-order valence-corrected chi connectivity index (χ4v) is 3.76. The fraction of sp³-hybridized carbons (Fsp3) is 0.333. The van der Waals surface area contributed by atoms with Crippen LogP contribution in [-0.4, -0.2) is 32.4 Å². The molecule has 0 unspecified atom stereocenters. The molecule has 7 heteroatoms. The molecule has 5 rings (SSSR count). The Morgan fingerprint density at radius 3 is 2.79 bits per heavy atom. The van der Waals surface area contributed by atoms with Crippen LogP contribution in [0, 0.1) is 0 Å².